The van der Waals surface area contributed by atoms with E-state index < -0.39 is 21.8 Å². The van der Waals surface area contributed by atoms with Crippen LogP contribution in [0.1, 0.15) is 21.5 Å². The van der Waals surface area contributed by atoms with E-state index >= 15 is 0 Å². The predicted molar refractivity (Wildman–Crippen MR) is 121 cm³/mol. The Kier molecular flexibility index (Phi) is 5.63. The SMILES string of the molecule is O=C(O)c1ccc(C#Cc2ccccc2NS(=O)(=O)c2ccc3ccccc3c2)c(F)c1. The number of fused-ring (bicyclic) bond motifs is 1. The molecule has 0 fully saturated rings. The maximum absolute atomic E-state index is 14.2. The minimum atomic E-state index is -3.89. The van der Waals surface area contributed by atoms with Crippen molar-refractivity contribution in [2.75, 3.05) is 4.72 Å². The molecule has 4 aromatic rings. The van der Waals surface area contributed by atoms with E-state index in [4.69, 9.17) is 5.11 Å². The summed E-state index contributed by atoms with van der Waals surface area (Å²) < 4.78 is 42.6. The fourth-order valence-electron chi connectivity index (χ4n) is 3.10. The highest BCUT2D eigenvalue weighted by Gasteiger charge is 2.16. The zero-order valence-electron chi connectivity index (χ0n) is 16.5. The van der Waals surface area contributed by atoms with E-state index in [2.05, 4.69) is 16.6 Å². The number of benzene rings is 4. The van der Waals surface area contributed by atoms with E-state index in [1.165, 1.54) is 18.2 Å². The summed E-state index contributed by atoms with van der Waals surface area (Å²) in [6.45, 7) is 0. The Morgan fingerprint density at radius 3 is 2.25 bits per heavy atom. The number of rotatable bonds is 4. The van der Waals surface area contributed by atoms with Crippen LogP contribution in [0.4, 0.5) is 10.1 Å². The van der Waals surface area contributed by atoms with Crippen LogP contribution in [-0.4, -0.2) is 19.5 Å². The van der Waals surface area contributed by atoms with Gasteiger partial charge in [0.15, 0.2) is 0 Å². The minimum Gasteiger partial charge on any atom is -0.478 e. The Bertz CT molecular complexity index is 1520. The standard InChI is InChI=1S/C25H16FNO4S/c26-23-16-21(25(28)29)12-10-18(23)9-11-19-6-3-4-8-24(19)27-32(30,31)22-14-13-17-5-1-2-7-20(17)15-22/h1-8,10,12-16,27H,(H,28,29). The van der Waals surface area contributed by atoms with Crippen molar-refractivity contribution in [1.29, 1.82) is 0 Å². The molecule has 0 radical (unpaired) electrons. The van der Waals surface area contributed by atoms with Gasteiger partial charge >= 0.3 is 5.97 Å². The van der Waals surface area contributed by atoms with Gasteiger partial charge in [0.25, 0.3) is 10.0 Å². The van der Waals surface area contributed by atoms with Crippen molar-refractivity contribution in [3.8, 4) is 11.8 Å². The van der Waals surface area contributed by atoms with Crippen LogP contribution in [-0.2, 0) is 10.0 Å². The molecule has 0 spiro atoms. The molecule has 0 aromatic heterocycles. The molecule has 0 aliphatic rings. The molecule has 0 saturated carbocycles. The first-order valence-electron chi connectivity index (χ1n) is 9.49. The summed E-state index contributed by atoms with van der Waals surface area (Å²) in [5.41, 5.74) is 0.410. The number of sulfonamides is 1. The van der Waals surface area contributed by atoms with Gasteiger partial charge < -0.3 is 5.11 Å². The lowest BCUT2D eigenvalue weighted by Crippen LogP contribution is -2.13. The van der Waals surface area contributed by atoms with Gasteiger partial charge in [0.2, 0.25) is 0 Å². The van der Waals surface area contributed by atoms with E-state index in [0.29, 0.717) is 5.56 Å². The Morgan fingerprint density at radius 1 is 0.812 bits per heavy atom. The summed E-state index contributed by atoms with van der Waals surface area (Å²) in [7, 11) is -3.89. The average Bonchev–Trinajstić information content (AvgIpc) is 2.78. The Labute approximate surface area is 184 Å². The van der Waals surface area contributed by atoms with Crippen LogP contribution >= 0.6 is 0 Å². The van der Waals surface area contributed by atoms with E-state index in [1.54, 1.807) is 36.4 Å². The third-order valence-corrected chi connectivity index (χ3v) is 6.11. The normalized spacial score (nSPS) is 10.9. The number of para-hydroxylation sites is 1. The summed E-state index contributed by atoms with van der Waals surface area (Å²) >= 11 is 0. The van der Waals surface area contributed by atoms with E-state index in [-0.39, 0.29) is 21.7 Å². The average molecular weight is 445 g/mol. The van der Waals surface area contributed by atoms with Crippen molar-refractivity contribution >= 4 is 32.5 Å². The van der Waals surface area contributed by atoms with Crippen molar-refractivity contribution in [3.63, 3.8) is 0 Å². The van der Waals surface area contributed by atoms with E-state index in [1.807, 2.05) is 24.3 Å². The first-order valence-corrected chi connectivity index (χ1v) is 11.0. The second-order valence-electron chi connectivity index (χ2n) is 6.91. The molecule has 7 heteroatoms. The second-order valence-corrected chi connectivity index (χ2v) is 8.59. The van der Waals surface area contributed by atoms with Gasteiger partial charge in [-0.3, -0.25) is 4.72 Å². The van der Waals surface area contributed by atoms with E-state index in [0.717, 1.165) is 16.8 Å². The molecule has 0 aliphatic carbocycles. The second kappa shape index (κ2) is 8.53. The van der Waals surface area contributed by atoms with Crippen molar-refractivity contribution in [1.82, 2.24) is 0 Å². The van der Waals surface area contributed by atoms with E-state index in [9.17, 15) is 17.6 Å². The lowest BCUT2D eigenvalue weighted by molar-refractivity contribution is 0.0696. The summed E-state index contributed by atoms with van der Waals surface area (Å²) in [6.07, 6.45) is 0. The molecule has 32 heavy (non-hydrogen) atoms. The lowest BCUT2D eigenvalue weighted by atomic mass is 10.1. The van der Waals surface area contributed by atoms with Crippen LogP contribution in [0.2, 0.25) is 0 Å². The number of anilines is 1. The maximum atomic E-state index is 14.2. The molecule has 0 atom stereocenters. The minimum absolute atomic E-state index is 0.00203. The number of nitrogens with one attached hydrogen (secondary N) is 1. The Hall–Kier alpha value is -4.15. The van der Waals surface area contributed by atoms with Gasteiger partial charge in [-0.15, -0.1) is 0 Å². The van der Waals surface area contributed by atoms with Crippen molar-refractivity contribution in [3.05, 3.63) is 107 Å². The van der Waals surface area contributed by atoms with Gasteiger partial charge in [0, 0.05) is 5.56 Å². The zero-order valence-corrected chi connectivity index (χ0v) is 17.4. The summed E-state index contributed by atoms with van der Waals surface area (Å²) in [4.78, 5) is 11.0. The molecule has 158 valence electrons. The molecule has 0 saturated heterocycles. The number of hydrogen-bond donors (Lipinski definition) is 2. The fourth-order valence-corrected chi connectivity index (χ4v) is 4.22. The smallest absolute Gasteiger partial charge is 0.335 e. The van der Waals surface area contributed by atoms with Crippen molar-refractivity contribution in [2.45, 2.75) is 4.90 Å². The number of carboxylic acid groups (broad SMARTS) is 1. The van der Waals surface area contributed by atoms with Crippen LogP contribution in [0, 0.1) is 17.7 Å². The van der Waals surface area contributed by atoms with Crippen LogP contribution < -0.4 is 4.72 Å². The van der Waals surface area contributed by atoms with Gasteiger partial charge in [0.05, 0.1) is 21.7 Å². The monoisotopic (exact) mass is 445 g/mol. The van der Waals surface area contributed by atoms with Gasteiger partial charge in [-0.1, -0.05) is 54.3 Å². The molecule has 0 amide bonds. The Balaban J connectivity index is 1.66. The number of aromatic carboxylic acids is 1. The summed E-state index contributed by atoms with van der Waals surface area (Å²) in [5, 5.41) is 10.7. The predicted octanol–water partition coefficient (Wildman–Crippen LogP) is 4.88. The van der Waals surface area contributed by atoms with Crippen LogP contribution in [0.3, 0.4) is 0 Å². The van der Waals surface area contributed by atoms with Gasteiger partial charge in [-0.25, -0.2) is 17.6 Å². The highest BCUT2D eigenvalue weighted by Crippen LogP contribution is 2.23. The largest absolute Gasteiger partial charge is 0.478 e. The van der Waals surface area contributed by atoms with Gasteiger partial charge in [-0.05, 0) is 53.2 Å². The summed E-state index contributed by atoms with van der Waals surface area (Å²) in [5.74, 6) is 3.38. The van der Waals surface area contributed by atoms with Crippen molar-refractivity contribution < 1.29 is 22.7 Å². The highest BCUT2D eigenvalue weighted by atomic mass is 32.2. The molecule has 2 N–H and O–H groups in total. The first-order chi connectivity index (χ1) is 15.3. The quantitative estimate of drug-likeness (QED) is 0.439. The number of carboxylic acids is 1. The van der Waals surface area contributed by atoms with Crippen LogP contribution in [0.15, 0.2) is 89.8 Å². The topological polar surface area (TPSA) is 83.5 Å². The fraction of sp³-hybridized carbons (Fsp3) is 0. The molecule has 0 aliphatic heterocycles. The Morgan fingerprint density at radius 2 is 1.50 bits per heavy atom. The number of hydrogen-bond acceptors (Lipinski definition) is 3. The summed E-state index contributed by atoms with van der Waals surface area (Å²) in [6, 6.07) is 22.2. The molecule has 4 aromatic carbocycles. The van der Waals surface area contributed by atoms with Gasteiger partial charge in [-0.2, -0.15) is 0 Å². The number of carbonyl (C=O) groups is 1. The molecule has 4 rings (SSSR count). The lowest BCUT2D eigenvalue weighted by Gasteiger charge is -2.10. The molecular formula is C25H16FNO4S. The highest BCUT2D eigenvalue weighted by molar-refractivity contribution is 7.92. The first kappa shape index (κ1) is 21.1. The molecule has 0 bridgehead atoms. The maximum Gasteiger partial charge on any atom is 0.335 e. The molecule has 0 heterocycles. The molecule has 5 nitrogen and oxygen atoms in total. The third kappa shape index (κ3) is 4.46. The zero-order chi connectivity index (χ0) is 22.7. The van der Waals surface area contributed by atoms with Gasteiger partial charge in [0.1, 0.15) is 5.82 Å². The molecule has 0 unspecified atom stereocenters. The van der Waals surface area contributed by atoms with Crippen LogP contribution in [0.25, 0.3) is 10.8 Å². The third-order valence-electron chi connectivity index (χ3n) is 4.75. The van der Waals surface area contributed by atoms with Crippen LogP contribution in [0.5, 0.6) is 0 Å². The number of halogens is 1. The van der Waals surface area contributed by atoms with Crippen molar-refractivity contribution in [2.24, 2.45) is 0 Å². The molecular weight excluding hydrogens is 429 g/mol.